The summed E-state index contributed by atoms with van der Waals surface area (Å²) in [5.41, 5.74) is 0. The molecular formula is C70H116O6. The predicted octanol–water partition coefficient (Wildman–Crippen LogP) is 21.6. The molecule has 0 fully saturated rings. The molecule has 0 radical (unpaired) electrons. The van der Waals surface area contributed by atoms with Gasteiger partial charge < -0.3 is 14.2 Å². The maximum Gasteiger partial charge on any atom is 0.306 e. The van der Waals surface area contributed by atoms with Crippen molar-refractivity contribution in [2.24, 2.45) is 0 Å². The first-order chi connectivity index (χ1) is 37.5. The topological polar surface area (TPSA) is 78.9 Å². The van der Waals surface area contributed by atoms with E-state index in [1.807, 2.05) is 6.08 Å². The largest absolute Gasteiger partial charge is 0.462 e. The summed E-state index contributed by atoms with van der Waals surface area (Å²) in [5.74, 6) is -1.01. The molecule has 6 nitrogen and oxygen atoms in total. The highest BCUT2D eigenvalue weighted by molar-refractivity contribution is 5.71. The molecule has 0 aromatic carbocycles. The molecule has 432 valence electrons. The first kappa shape index (κ1) is 71.8. The molecule has 0 aromatic heterocycles. The van der Waals surface area contributed by atoms with Gasteiger partial charge in [0.1, 0.15) is 13.2 Å². The van der Waals surface area contributed by atoms with Crippen molar-refractivity contribution in [3.63, 3.8) is 0 Å². The Labute approximate surface area is 469 Å². The molecule has 0 heterocycles. The monoisotopic (exact) mass is 1050 g/mol. The van der Waals surface area contributed by atoms with Gasteiger partial charge in [0.05, 0.1) is 0 Å². The van der Waals surface area contributed by atoms with Crippen LogP contribution in [0.25, 0.3) is 0 Å². The average molecular weight is 1050 g/mol. The van der Waals surface area contributed by atoms with Crippen LogP contribution in [0.5, 0.6) is 0 Å². The highest BCUT2D eigenvalue weighted by Crippen LogP contribution is 2.15. The third-order valence-electron chi connectivity index (χ3n) is 13.2. The van der Waals surface area contributed by atoms with Crippen molar-refractivity contribution >= 4 is 17.9 Å². The fraction of sp³-hybridized carbons (Fsp3) is 0.671. The Morgan fingerprint density at radius 2 is 0.566 bits per heavy atom. The molecule has 0 saturated heterocycles. The van der Waals surface area contributed by atoms with Crippen LogP contribution in [0.3, 0.4) is 0 Å². The number of unbranched alkanes of at least 4 members (excludes halogenated alkanes) is 25. The van der Waals surface area contributed by atoms with Gasteiger partial charge in [-0.15, -0.1) is 0 Å². The second kappa shape index (κ2) is 63.3. The summed E-state index contributed by atoms with van der Waals surface area (Å²) in [7, 11) is 0. The van der Waals surface area contributed by atoms with Crippen molar-refractivity contribution in [3.05, 3.63) is 122 Å². The Balaban J connectivity index is 4.29. The van der Waals surface area contributed by atoms with Crippen LogP contribution in [-0.2, 0) is 28.6 Å². The molecule has 0 aliphatic carbocycles. The van der Waals surface area contributed by atoms with Crippen molar-refractivity contribution < 1.29 is 28.6 Å². The molecule has 6 heteroatoms. The standard InChI is InChI=1S/C70H116O6/c1-4-7-10-13-16-19-22-24-26-28-30-31-32-33-34-35-36-37-38-39-41-42-44-46-48-51-54-57-60-63-69(72)75-66-67(65-74-68(71)62-59-56-53-50-21-18-15-12-9-6-3)76-70(73)64-61-58-55-52-49-47-45-43-40-29-27-25-23-20-17-14-11-8-5-2/h8,11-12,15,17,20,22,24-25,27-28,30,32-33,40,43,47,49,55,58,67H,4-7,9-10,13-14,16,18-19,21,23,26,29,31,34-39,41-42,44-46,48,50-54,56-57,59-66H2,1-3H3/b11-8-,15-12-,20-17-,24-22-,27-25-,30-28-,33-32-,43-40-,49-47-,58-55-. The number of rotatable bonds is 56. The minimum absolute atomic E-state index is 0.113. The lowest BCUT2D eigenvalue weighted by Crippen LogP contribution is -2.30. The maximum absolute atomic E-state index is 12.8. The van der Waals surface area contributed by atoms with Crippen LogP contribution in [0.2, 0.25) is 0 Å². The molecule has 0 saturated carbocycles. The molecule has 0 spiro atoms. The Morgan fingerprint density at radius 1 is 0.276 bits per heavy atom. The van der Waals surface area contributed by atoms with E-state index in [0.29, 0.717) is 19.3 Å². The lowest BCUT2D eigenvalue weighted by atomic mass is 10.0. The molecule has 0 bridgehead atoms. The maximum atomic E-state index is 12.8. The summed E-state index contributed by atoms with van der Waals surface area (Å²) >= 11 is 0. The number of hydrogen-bond donors (Lipinski definition) is 0. The smallest absolute Gasteiger partial charge is 0.306 e. The second-order valence-electron chi connectivity index (χ2n) is 20.6. The van der Waals surface area contributed by atoms with Crippen LogP contribution in [0.4, 0.5) is 0 Å². The van der Waals surface area contributed by atoms with Gasteiger partial charge in [0, 0.05) is 19.3 Å². The van der Waals surface area contributed by atoms with Gasteiger partial charge in [0.2, 0.25) is 0 Å². The predicted molar refractivity (Wildman–Crippen MR) is 330 cm³/mol. The fourth-order valence-electron chi connectivity index (χ4n) is 8.48. The van der Waals surface area contributed by atoms with E-state index < -0.39 is 12.1 Å². The zero-order chi connectivity index (χ0) is 55.0. The molecule has 0 aliphatic heterocycles. The van der Waals surface area contributed by atoms with Crippen LogP contribution in [0.15, 0.2) is 122 Å². The van der Waals surface area contributed by atoms with Crippen molar-refractivity contribution in [2.45, 2.75) is 290 Å². The van der Waals surface area contributed by atoms with Crippen LogP contribution >= 0.6 is 0 Å². The number of allylic oxidation sites excluding steroid dienone is 20. The SMILES string of the molecule is CC/C=C\C/C=C\C/C=C\C/C=C\C/C=C\C/C=C\CCC(=O)OC(COC(=O)CCCCCCC/C=C\CCC)COC(=O)CCCCCCCCCCCCCCCC/C=C\C/C=C\C/C=C\CCCCCCC. The summed E-state index contributed by atoms with van der Waals surface area (Å²) < 4.78 is 16.8. The summed E-state index contributed by atoms with van der Waals surface area (Å²) in [6, 6.07) is 0. The normalized spacial score (nSPS) is 12.9. The van der Waals surface area contributed by atoms with Gasteiger partial charge in [-0.1, -0.05) is 271 Å². The number of ether oxygens (including phenoxy) is 3. The number of carbonyl (C=O) groups excluding carboxylic acids is 3. The van der Waals surface area contributed by atoms with E-state index >= 15 is 0 Å². The van der Waals surface area contributed by atoms with Crippen molar-refractivity contribution in [2.75, 3.05) is 13.2 Å². The highest BCUT2D eigenvalue weighted by Gasteiger charge is 2.19. The third kappa shape index (κ3) is 60.7. The summed E-state index contributed by atoms with van der Waals surface area (Å²) in [6.45, 7) is 6.39. The molecule has 0 N–H and O–H groups in total. The summed E-state index contributed by atoms with van der Waals surface area (Å²) in [6.07, 6.45) is 88.0. The van der Waals surface area contributed by atoms with E-state index in [2.05, 4.69) is 136 Å². The van der Waals surface area contributed by atoms with Gasteiger partial charge in [-0.2, -0.15) is 0 Å². The number of hydrogen-bond acceptors (Lipinski definition) is 6. The van der Waals surface area contributed by atoms with E-state index in [4.69, 9.17) is 14.2 Å². The zero-order valence-electron chi connectivity index (χ0n) is 49.5. The van der Waals surface area contributed by atoms with Crippen LogP contribution in [0.1, 0.15) is 284 Å². The van der Waals surface area contributed by atoms with Crippen molar-refractivity contribution in [3.8, 4) is 0 Å². The second-order valence-corrected chi connectivity index (χ2v) is 20.6. The molecule has 0 aromatic rings. The van der Waals surface area contributed by atoms with Gasteiger partial charge in [0.15, 0.2) is 6.10 Å². The molecule has 1 unspecified atom stereocenters. The molecular weight excluding hydrogens is 937 g/mol. The Morgan fingerprint density at radius 3 is 0.921 bits per heavy atom. The van der Waals surface area contributed by atoms with Gasteiger partial charge in [-0.3, -0.25) is 14.4 Å². The Kier molecular flexibility index (Phi) is 59.9. The lowest BCUT2D eigenvalue weighted by molar-refractivity contribution is -0.166. The van der Waals surface area contributed by atoms with Crippen molar-refractivity contribution in [1.29, 1.82) is 0 Å². The summed E-state index contributed by atoms with van der Waals surface area (Å²) in [4.78, 5) is 38.1. The summed E-state index contributed by atoms with van der Waals surface area (Å²) in [5, 5.41) is 0. The molecule has 0 aliphatic rings. The minimum Gasteiger partial charge on any atom is -0.462 e. The van der Waals surface area contributed by atoms with E-state index in [9.17, 15) is 14.4 Å². The minimum atomic E-state index is -0.825. The van der Waals surface area contributed by atoms with E-state index in [1.54, 1.807) is 0 Å². The van der Waals surface area contributed by atoms with Gasteiger partial charge in [0.25, 0.3) is 0 Å². The molecule has 1 atom stereocenters. The lowest BCUT2D eigenvalue weighted by Gasteiger charge is -2.18. The molecule has 76 heavy (non-hydrogen) atoms. The molecule has 0 amide bonds. The Bertz CT molecular complexity index is 1590. The first-order valence-corrected chi connectivity index (χ1v) is 31.5. The van der Waals surface area contributed by atoms with Gasteiger partial charge in [-0.05, 0) is 116 Å². The van der Waals surface area contributed by atoms with E-state index in [1.165, 1.54) is 128 Å². The third-order valence-corrected chi connectivity index (χ3v) is 13.2. The number of esters is 3. The quantitative estimate of drug-likeness (QED) is 0.0261. The number of carbonyl (C=O) groups is 3. The zero-order valence-corrected chi connectivity index (χ0v) is 49.5. The van der Waals surface area contributed by atoms with Crippen LogP contribution in [-0.4, -0.2) is 37.2 Å². The highest BCUT2D eigenvalue weighted by atomic mass is 16.6. The van der Waals surface area contributed by atoms with Gasteiger partial charge >= 0.3 is 17.9 Å². The van der Waals surface area contributed by atoms with Crippen LogP contribution < -0.4 is 0 Å². The average Bonchev–Trinajstić information content (AvgIpc) is 3.42. The fourth-order valence-corrected chi connectivity index (χ4v) is 8.48. The first-order valence-electron chi connectivity index (χ1n) is 31.5. The van der Waals surface area contributed by atoms with E-state index in [0.717, 1.165) is 109 Å². The molecule has 0 rings (SSSR count). The Hall–Kier alpha value is -4.19. The van der Waals surface area contributed by atoms with E-state index in [-0.39, 0.29) is 31.6 Å². The van der Waals surface area contributed by atoms with Crippen LogP contribution in [0, 0.1) is 0 Å². The van der Waals surface area contributed by atoms with Crippen molar-refractivity contribution in [1.82, 2.24) is 0 Å². The van der Waals surface area contributed by atoms with Gasteiger partial charge in [-0.25, -0.2) is 0 Å².